The monoisotopic (exact) mass is 314 g/mol. The van der Waals surface area contributed by atoms with Crippen molar-refractivity contribution >= 4 is 11.9 Å². The molecule has 2 rings (SSSR count). The van der Waals surface area contributed by atoms with E-state index >= 15 is 0 Å². The fraction of sp³-hybridized carbons (Fsp3) is 0.875. The molecule has 0 aliphatic carbocycles. The molecular weight excluding hydrogens is 284 g/mol. The summed E-state index contributed by atoms with van der Waals surface area (Å²) in [4.78, 5) is 21.1. The van der Waals surface area contributed by atoms with Crippen molar-refractivity contribution in [2.24, 2.45) is 0 Å². The van der Waals surface area contributed by atoms with Gasteiger partial charge in [-0.3, -0.25) is 9.59 Å². The van der Waals surface area contributed by atoms with Gasteiger partial charge >= 0.3 is 11.9 Å². The second kappa shape index (κ2) is 9.79. The highest BCUT2D eigenvalue weighted by atomic mass is 16.4. The quantitative estimate of drug-likeness (QED) is 0.633. The fourth-order valence-electron chi connectivity index (χ4n) is 3.07. The van der Waals surface area contributed by atoms with E-state index in [0.29, 0.717) is 12.1 Å². The second-order valence-electron chi connectivity index (χ2n) is 6.19. The molecule has 0 radical (unpaired) electrons. The third-order valence-electron chi connectivity index (χ3n) is 4.55. The van der Waals surface area contributed by atoms with Gasteiger partial charge in [0.05, 0.1) is 0 Å². The van der Waals surface area contributed by atoms with Gasteiger partial charge in [0.1, 0.15) is 12.1 Å². The Morgan fingerprint density at radius 1 is 0.818 bits per heavy atom. The summed E-state index contributed by atoms with van der Waals surface area (Å²) in [5, 5.41) is 23.6. The van der Waals surface area contributed by atoms with Gasteiger partial charge in [-0.1, -0.05) is 13.8 Å². The highest BCUT2D eigenvalue weighted by Gasteiger charge is 2.25. The maximum Gasteiger partial charge on any atom is 0.320 e. The fourth-order valence-corrected chi connectivity index (χ4v) is 3.07. The van der Waals surface area contributed by atoms with Crippen LogP contribution in [0.25, 0.3) is 0 Å². The SMILES string of the molecule is CCC1CCCC(C(=O)O)N1.CCC1CCCC(C(=O)O)N1. The maximum absolute atomic E-state index is 10.6. The van der Waals surface area contributed by atoms with Crippen molar-refractivity contribution in [1.82, 2.24) is 10.6 Å². The molecule has 0 saturated carbocycles. The number of carboxylic acids is 2. The molecule has 128 valence electrons. The molecule has 0 aromatic carbocycles. The number of nitrogens with one attached hydrogen (secondary N) is 2. The van der Waals surface area contributed by atoms with Crippen LogP contribution >= 0.6 is 0 Å². The first-order valence-corrected chi connectivity index (χ1v) is 8.45. The van der Waals surface area contributed by atoms with Crippen molar-refractivity contribution in [3.63, 3.8) is 0 Å². The first-order chi connectivity index (χ1) is 10.5. The summed E-state index contributed by atoms with van der Waals surface area (Å²) < 4.78 is 0. The molecule has 6 heteroatoms. The molecule has 2 saturated heterocycles. The summed E-state index contributed by atoms with van der Waals surface area (Å²) in [6, 6.07) is 0.247. The van der Waals surface area contributed by atoms with Gasteiger partial charge in [-0.2, -0.15) is 0 Å². The van der Waals surface area contributed by atoms with Gasteiger partial charge in [0, 0.05) is 12.1 Å². The van der Waals surface area contributed by atoms with E-state index in [4.69, 9.17) is 10.2 Å². The van der Waals surface area contributed by atoms with Crippen LogP contribution in [0, 0.1) is 0 Å². The van der Waals surface area contributed by atoms with Crippen molar-refractivity contribution in [3.05, 3.63) is 0 Å². The highest BCUT2D eigenvalue weighted by molar-refractivity contribution is 5.73. The molecule has 0 aromatic rings. The Labute approximate surface area is 132 Å². The maximum atomic E-state index is 10.6. The van der Waals surface area contributed by atoms with E-state index < -0.39 is 11.9 Å². The zero-order valence-electron chi connectivity index (χ0n) is 13.7. The predicted molar refractivity (Wildman–Crippen MR) is 85.0 cm³/mol. The first-order valence-electron chi connectivity index (χ1n) is 8.45. The molecule has 4 N–H and O–H groups in total. The summed E-state index contributed by atoms with van der Waals surface area (Å²) in [5.74, 6) is -1.41. The molecule has 0 spiro atoms. The number of hydrogen-bond acceptors (Lipinski definition) is 4. The molecule has 0 amide bonds. The minimum absolute atomic E-state index is 0.298. The van der Waals surface area contributed by atoms with E-state index in [1.165, 1.54) is 0 Å². The van der Waals surface area contributed by atoms with Gasteiger partial charge in [-0.15, -0.1) is 0 Å². The summed E-state index contributed by atoms with van der Waals surface area (Å²) in [6.45, 7) is 4.17. The third-order valence-corrected chi connectivity index (χ3v) is 4.55. The minimum atomic E-state index is -0.705. The van der Waals surface area contributed by atoms with Crippen LogP contribution in [0.4, 0.5) is 0 Å². The lowest BCUT2D eigenvalue weighted by Crippen LogP contribution is -2.46. The van der Waals surface area contributed by atoms with E-state index in [9.17, 15) is 9.59 Å². The van der Waals surface area contributed by atoms with Crippen LogP contribution in [-0.2, 0) is 9.59 Å². The molecule has 2 aliphatic rings. The van der Waals surface area contributed by atoms with Gasteiger partial charge in [-0.25, -0.2) is 0 Å². The normalized spacial score (nSPS) is 31.7. The van der Waals surface area contributed by atoms with Crippen molar-refractivity contribution in [1.29, 1.82) is 0 Å². The molecular formula is C16H30N2O4. The smallest absolute Gasteiger partial charge is 0.320 e. The summed E-state index contributed by atoms with van der Waals surface area (Å²) in [5.41, 5.74) is 0. The van der Waals surface area contributed by atoms with E-state index in [0.717, 1.165) is 51.4 Å². The summed E-state index contributed by atoms with van der Waals surface area (Å²) in [6.07, 6.45) is 7.97. The average molecular weight is 314 g/mol. The van der Waals surface area contributed by atoms with E-state index in [2.05, 4.69) is 24.5 Å². The van der Waals surface area contributed by atoms with Gasteiger partial charge in [-0.05, 0) is 51.4 Å². The Bertz CT molecular complexity index is 328. The molecule has 0 bridgehead atoms. The molecule has 2 heterocycles. The Morgan fingerprint density at radius 2 is 1.18 bits per heavy atom. The van der Waals surface area contributed by atoms with Crippen LogP contribution < -0.4 is 10.6 Å². The van der Waals surface area contributed by atoms with E-state index in [1.807, 2.05) is 0 Å². The lowest BCUT2D eigenvalue weighted by molar-refractivity contribution is -0.141. The molecule has 0 aromatic heterocycles. The van der Waals surface area contributed by atoms with E-state index in [-0.39, 0.29) is 12.1 Å². The number of carbonyl (C=O) groups is 2. The topological polar surface area (TPSA) is 98.7 Å². The van der Waals surface area contributed by atoms with Crippen LogP contribution in [0.5, 0.6) is 0 Å². The molecule has 4 atom stereocenters. The Balaban J connectivity index is 0.000000220. The lowest BCUT2D eigenvalue weighted by atomic mass is 9.97. The molecule has 22 heavy (non-hydrogen) atoms. The summed E-state index contributed by atoms with van der Waals surface area (Å²) in [7, 11) is 0. The van der Waals surface area contributed by atoms with Crippen LogP contribution in [0.15, 0.2) is 0 Å². The van der Waals surface area contributed by atoms with Crippen molar-refractivity contribution in [2.45, 2.75) is 89.4 Å². The number of rotatable bonds is 4. The zero-order chi connectivity index (χ0) is 16.5. The Morgan fingerprint density at radius 3 is 1.45 bits per heavy atom. The Kier molecular flexibility index (Phi) is 8.42. The largest absolute Gasteiger partial charge is 0.480 e. The van der Waals surface area contributed by atoms with Crippen LogP contribution in [0.1, 0.15) is 65.2 Å². The van der Waals surface area contributed by atoms with E-state index in [1.54, 1.807) is 0 Å². The van der Waals surface area contributed by atoms with Crippen molar-refractivity contribution in [3.8, 4) is 0 Å². The highest BCUT2D eigenvalue weighted by Crippen LogP contribution is 2.15. The third kappa shape index (κ3) is 6.32. The molecule has 4 unspecified atom stereocenters. The molecule has 2 fully saturated rings. The van der Waals surface area contributed by atoms with Crippen LogP contribution in [0.3, 0.4) is 0 Å². The number of piperidine rings is 2. The Hall–Kier alpha value is -1.14. The molecule has 2 aliphatic heterocycles. The minimum Gasteiger partial charge on any atom is -0.480 e. The standard InChI is InChI=1S/2C8H15NO2/c2*1-2-6-4-3-5-7(9-6)8(10)11/h2*6-7,9H,2-5H2,1H3,(H,10,11). The van der Waals surface area contributed by atoms with Gasteiger partial charge in [0.15, 0.2) is 0 Å². The number of hydrogen-bond donors (Lipinski definition) is 4. The number of carboxylic acid groups (broad SMARTS) is 2. The zero-order valence-corrected chi connectivity index (χ0v) is 13.7. The molecule has 6 nitrogen and oxygen atoms in total. The van der Waals surface area contributed by atoms with Crippen LogP contribution in [-0.4, -0.2) is 46.3 Å². The predicted octanol–water partition coefficient (Wildman–Crippen LogP) is 1.98. The van der Waals surface area contributed by atoms with Gasteiger partial charge in [0.2, 0.25) is 0 Å². The van der Waals surface area contributed by atoms with Gasteiger partial charge < -0.3 is 20.8 Å². The second-order valence-corrected chi connectivity index (χ2v) is 6.19. The average Bonchev–Trinajstić information content (AvgIpc) is 2.55. The first kappa shape index (κ1) is 18.9. The summed E-state index contributed by atoms with van der Waals surface area (Å²) >= 11 is 0. The number of aliphatic carboxylic acids is 2. The van der Waals surface area contributed by atoms with Crippen molar-refractivity contribution < 1.29 is 19.8 Å². The lowest BCUT2D eigenvalue weighted by Gasteiger charge is -2.27. The van der Waals surface area contributed by atoms with Crippen molar-refractivity contribution in [2.75, 3.05) is 0 Å². The van der Waals surface area contributed by atoms with Gasteiger partial charge in [0.25, 0.3) is 0 Å². The van der Waals surface area contributed by atoms with Crippen LogP contribution in [0.2, 0.25) is 0 Å².